The van der Waals surface area contributed by atoms with Crippen LogP contribution in [0.1, 0.15) is 16.8 Å². The number of hydrogen-bond acceptors (Lipinski definition) is 5. The average molecular weight is 339 g/mol. The summed E-state index contributed by atoms with van der Waals surface area (Å²) in [5, 5.41) is 14.5. The summed E-state index contributed by atoms with van der Waals surface area (Å²) < 4.78 is 0. The molecule has 2 aliphatic heterocycles. The summed E-state index contributed by atoms with van der Waals surface area (Å²) in [6, 6.07) is 4.82. The zero-order chi connectivity index (χ0) is 16.4. The molecule has 1 aromatic rings. The summed E-state index contributed by atoms with van der Waals surface area (Å²) in [6.45, 7) is 5.11. The normalized spacial score (nSPS) is 22.3. The second-order valence-electron chi connectivity index (χ2n) is 5.87. The van der Waals surface area contributed by atoms with Crippen LogP contribution in [0, 0.1) is 10.1 Å². The Morgan fingerprint density at radius 3 is 2.74 bits per heavy atom. The first-order valence-electron chi connectivity index (χ1n) is 7.75. The predicted molar refractivity (Wildman–Crippen MR) is 86.9 cm³/mol. The van der Waals surface area contributed by atoms with Crippen molar-refractivity contribution in [3.63, 3.8) is 0 Å². The minimum Gasteiger partial charge on any atom is -0.337 e. The topological polar surface area (TPSA) is 78.7 Å². The van der Waals surface area contributed by atoms with Gasteiger partial charge in [-0.1, -0.05) is 17.7 Å². The zero-order valence-corrected chi connectivity index (χ0v) is 13.5. The van der Waals surface area contributed by atoms with Crippen LogP contribution >= 0.6 is 11.6 Å². The van der Waals surface area contributed by atoms with Crippen molar-refractivity contribution >= 4 is 23.2 Å². The van der Waals surface area contributed by atoms with Crippen molar-refractivity contribution in [3.05, 3.63) is 38.9 Å². The third kappa shape index (κ3) is 3.31. The molecule has 0 spiro atoms. The summed E-state index contributed by atoms with van der Waals surface area (Å²) in [4.78, 5) is 27.4. The molecule has 2 fully saturated rings. The Bertz CT molecular complexity index is 619. The minimum absolute atomic E-state index is 0.00120. The number of halogens is 1. The molecule has 1 atom stereocenters. The zero-order valence-electron chi connectivity index (χ0n) is 12.7. The number of carbonyl (C=O) groups excluding carboxylic acids is 1. The van der Waals surface area contributed by atoms with E-state index in [-0.39, 0.29) is 22.2 Å². The van der Waals surface area contributed by atoms with Gasteiger partial charge in [-0.05, 0) is 18.6 Å². The maximum atomic E-state index is 12.7. The van der Waals surface area contributed by atoms with Crippen molar-refractivity contribution in [3.8, 4) is 0 Å². The number of nitrogens with one attached hydrogen (secondary N) is 1. The third-order valence-electron chi connectivity index (χ3n) is 4.52. The second kappa shape index (κ2) is 6.82. The number of piperazine rings is 1. The maximum Gasteiger partial charge on any atom is 0.300 e. The highest BCUT2D eigenvalue weighted by molar-refractivity contribution is 6.33. The average Bonchev–Trinajstić information content (AvgIpc) is 3.04. The molecule has 7 nitrogen and oxygen atoms in total. The number of hydrogen-bond donors (Lipinski definition) is 1. The molecular weight excluding hydrogens is 320 g/mol. The van der Waals surface area contributed by atoms with Crippen LogP contribution in [0.4, 0.5) is 5.69 Å². The molecule has 0 radical (unpaired) electrons. The number of para-hydroxylation sites is 1. The van der Waals surface area contributed by atoms with Crippen LogP contribution in [0.25, 0.3) is 0 Å². The molecule has 0 saturated carbocycles. The molecule has 1 aromatic carbocycles. The number of amides is 1. The van der Waals surface area contributed by atoms with Gasteiger partial charge in [0.05, 0.1) is 4.92 Å². The summed E-state index contributed by atoms with van der Waals surface area (Å²) in [7, 11) is 0. The molecule has 23 heavy (non-hydrogen) atoms. The van der Waals surface area contributed by atoms with E-state index >= 15 is 0 Å². The summed E-state index contributed by atoms with van der Waals surface area (Å²) in [5.74, 6) is -0.308. The van der Waals surface area contributed by atoms with Crippen molar-refractivity contribution < 1.29 is 9.72 Å². The SMILES string of the molecule is O=C(c1cccc(Cl)c1[N+](=O)[O-])N1CCC(N2CCNCC2)C1. The van der Waals surface area contributed by atoms with E-state index in [2.05, 4.69) is 10.2 Å². The van der Waals surface area contributed by atoms with E-state index in [9.17, 15) is 14.9 Å². The largest absolute Gasteiger partial charge is 0.337 e. The lowest BCUT2D eigenvalue weighted by molar-refractivity contribution is -0.385. The van der Waals surface area contributed by atoms with Crippen molar-refractivity contribution in [2.24, 2.45) is 0 Å². The Hall–Kier alpha value is -1.70. The molecule has 1 unspecified atom stereocenters. The van der Waals surface area contributed by atoms with E-state index in [1.54, 1.807) is 11.0 Å². The fourth-order valence-electron chi connectivity index (χ4n) is 3.32. The van der Waals surface area contributed by atoms with Crippen LogP contribution in [0.15, 0.2) is 18.2 Å². The first-order chi connectivity index (χ1) is 11.1. The van der Waals surface area contributed by atoms with E-state index < -0.39 is 4.92 Å². The molecule has 2 saturated heterocycles. The van der Waals surface area contributed by atoms with Gasteiger partial charge in [0.15, 0.2) is 0 Å². The van der Waals surface area contributed by atoms with Gasteiger partial charge in [0.25, 0.3) is 5.91 Å². The van der Waals surface area contributed by atoms with E-state index in [4.69, 9.17) is 11.6 Å². The smallest absolute Gasteiger partial charge is 0.300 e. The second-order valence-corrected chi connectivity index (χ2v) is 6.28. The highest BCUT2D eigenvalue weighted by Crippen LogP contribution is 2.30. The summed E-state index contributed by atoms with van der Waals surface area (Å²) in [6.07, 6.45) is 0.903. The lowest BCUT2D eigenvalue weighted by Gasteiger charge is -2.32. The Morgan fingerprint density at radius 2 is 2.04 bits per heavy atom. The van der Waals surface area contributed by atoms with E-state index in [1.807, 2.05) is 0 Å². The van der Waals surface area contributed by atoms with Gasteiger partial charge in [-0.25, -0.2) is 0 Å². The molecule has 0 aromatic heterocycles. The number of nitrogens with zero attached hydrogens (tertiary/aromatic N) is 3. The van der Waals surface area contributed by atoms with E-state index in [0.717, 1.165) is 32.6 Å². The number of nitro groups is 1. The Balaban J connectivity index is 1.74. The molecule has 2 heterocycles. The molecule has 0 aliphatic carbocycles. The van der Waals surface area contributed by atoms with Crippen LogP contribution < -0.4 is 5.32 Å². The number of rotatable bonds is 3. The van der Waals surface area contributed by atoms with E-state index in [0.29, 0.717) is 19.1 Å². The van der Waals surface area contributed by atoms with Gasteiger partial charge in [0.1, 0.15) is 10.6 Å². The first kappa shape index (κ1) is 16.2. The van der Waals surface area contributed by atoms with Gasteiger partial charge in [-0.3, -0.25) is 19.8 Å². The van der Waals surface area contributed by atoms with Gasteiger partial charge in [-0.15, -0.1) is 0 Å². The Morgan fingerprint density at radius 1 is 1.30 bits per heavy atom. The minimum atomic E-state index is -0.584. The fraction of sp³-hybridized carbons (Fsp3) is 0.533. The number of likely N-dealkylation sites (tertiary alicyclic amines) is 1. The third-order valence-corrected chi connectivity index (χ3v) is 4.82. The Kier molecular flexibility index (Phi) is 4.79. The lowest BCUT2D eigenvalue weighted by atomic mass is 10.1. The van der Waals surface area contributed by atoms with Crippen molar-refractivity contribution in [1.82, 2.24) is 15.1 Å². The van der Waals surface area contributed by atoms with Gasteiger partial charge in [-0.2, -0.15) is 0 Å². The highest BCUT2D eigenvalue weighted by atomic mass is 35.5. The van der Waals surface area contributed by atoms with Gasteiger partial charge < -0.3 is 10.2 Å². The summed E-state index contributed by atoms with van der Waals surface area (Å²) >= 11 is 5.90. The highest BCUT2D eigenvalue weighted by Gasteiger charge is 2.34. The van der Waals surface area contributed by atoms with Crippen molar-refractivity contribution in [1.29, 1.82) is 0 Å². The molecule has 1 N–H and O–H groups in total. The van der Waals surface area contributed by atoms with Crippen LogP contribution in [-0.2, 0) is 0 Å². The molecule has 124 valence electrons. The number of carbonyl (C=O) groups is 1. The molecule has 3 rings (SSSR count). The van der Waals surface area contributed by atoms with Gasteiger partial charge in [0.2, 0.25) is 0 Å². The van der Waals surface area contributed by atoms with E-state index in [1.165, 1.54) is 12.1 Å². The quantitative estimate of drug-likeness (QED) is 0.665. The fourth-order valence-corrected chi connectivity index (χ4v) is 3.56. The van der Waals surface area contributed by atoms with Gasteiger partial charge in [0, 0.05) is 45.3 Å². The number of benzene rings is 1. The van der Waals surface area contributed by atoms with Crippen LogP contribution in [0.3, 0.4) is 0 Å². The van der Waals surface area contributed by atoms with Gasteiger partial charge >= 0.3 is 5.69 Å². The molecular formula is C15H19ClN4O3. The standard InChI is InChI=1S/C15H19ClN4O3/c16-13-3-1-2-12(14(13)20(22)23)15(21)19-7-4-11(10-19)18-8-5-17-6-9-18/h1-3,11,17H,4-10H2. The summed E-state index contributed by atoms with van der Waals surface area (Å²) in [5.41, 5.74) is -0.228. The van der Waals surface area contributed by atoms with Crippen LogP contribution in [0.2, 0.25) is 5.02 Å². The molecule has 8 heteroatoms. The monoisotopic (exact) mass is 338 g/mol. The van der Waals surface area contributed by atoms with Crippen LogP contribution in [-0.4, -0.2) is 65.9 Å². The lowest BCUT2D eigenvalue weighted by Crippen LogP contribution is -2.49. The van der Waals surface area contributed by atoms with Crippen LogP contribution in [0.5, 0.6) is 0 Å². The maximum absolute atomic E-state index is 12.7. The first-order valence-corrected chi connectivity index (χ1v) is 8.12. The molecule has 1 amide bonds. The van der Waals surface area contributed by atoms with Crippen molar-refractivity contribution in [2.75, 3.05) is 39.3 Å². The molecule has 0 bridgehead atoms. The predicted octanol–water partition coefficient (Wildman–Crippen LogP) is 1.37. The Labute approximate surface area is 139 Å². The van der Waals surface area contributed by atoms with Crippen molar-refractivity contribution in [2.45, 2.75) is 12.5 Å². The number of nitro benzene ring substituents is 1. The molecule has 2 aliphatic rings.